The van der Waals surface area contributed by atoms with Gasteiger partial charge in [-0.05, 0) is 37.1 Å². The number of carbonyl (C=O) groups is 1. The number of hydrogen-bond donors (Lipinski definition) is 2. The molecule has 2 heterocycles. The number of anilines is 2. The average Bonchev–Trinajstić information content (AvgIpc) is 2.59. The zero-order valence-electron chi connectivity index (χ0n) is 14.9. The van der Waals surface area contributed by atoms with E-state index in [-0.39, 0.29) is 17.1 Å². The average molecular weight is 367 g/mol. The zero-order chi connectivity index (χ0) is 18.7. The molecule has 1 atom stereocenters. The van der Waals surface area contributed by atoms with Gasteiger partial charge in [0.25, 0.3) is 0 Å². The molecule has 0 spiro atoms. The first-order chi connectivity index (χ1) is 12.4. The minimum Gasteiger partial charge on any atom is -0.384 e. The largest absolute Gasteiger partial charge is 0.384 e. The van der Waals surface area contributed by atoms with E-state index in [9.17, 15) is 4.79 Å². The number of nitrogens with one attached hydrogen (secondary N) is 1. The summed E-state index contributed by atoms with van der Waals surface area (Å²) in [7, 11) is 0. The van der Waals surface area contributed by atoms with Crippen molar-refractivity contribution in [3.63, 3.8) is 0 Å². The van der Waals surface area contributed by atoms with Crippen LogP contribution in [0.25, 0.3) is 10.9 Å². The summed E-state index contributed by atoms with van der Waals surface area (Å²) in [4.78, 5) is 25.9. The molecule has 0 fully saturated rings. The number of aromatic nitrogens is 3. The Morgan fingerprint density at radius 2 is 2.00 bits per heavy atom. The van der Waals surface area contributed by atoms with Gasteiger partial charge in [-0.25, -0.2) is 9.97 Å². The van der Waals surface area contributed by atoms with Crippen molar-refractivity contribution in [3.05, 3.63) is 48.3 Å². The van der Waals surface area contributed by atoms with Gasteiger partial charge in [-0.2, -0.15) is 0 Å². The normalized spacial score (nSPS) is 12.3. The third-order valence-corrected chi connectivity index (χ3v) is 5.26. The van der Waals surface area contributed by atoms with Crippen molar-refractivity contribution in [3.8, 4) is 0 Å². The van der Waals surface area contributed by atoms with Gasteiger partial charge in [-0.3, -0.25) is 9.78 Å². The van der Waals surface area contributed by atoms with Crippen LogP contribution in [-0.4, -0.2) is 26.1 Å². The van der Waals surface area contributed by atoms with Crippen molar-refractivity contribution in [1.82, 2.24) is 15.0 Å². The van der Waals surface area contributed by atoms with Crippen LogP contribution in [0, 0.1) is 12.8 Å². The molecule has 134 valence electrons. The monoisotopic (exact) mass is 367 g/mol. The molecule has 1 unspecified atom stereocenters. The fourth-order valence-electron chi connectivity index (χ4n) is 2.64. The van der Waals surface area contributed by atoms with E-state index in [4.69, 9.17) is 5.73 Å². The molecule has 0 aliphatic heterocycles. The summed E-state index contributed by atoms with van der Waals surface area (Å²) >= 11 is 1.33. The number of thioether (sulfide) groups is 1. The second kappa shape index (κ2) is 7.70. The molecule has 6 nitrogen and oxygen atoms in total. The zero-order valence-corrected chi connectivity index (χ0v) is 15.7. The molecule has 0 aliphatic carbocycles. The summed E-state index contributed by atoms with van der Waals surface area (Å²) in [6.45, 7) is 5.86. The van der Waals surface area contributed by atoms with Gasteiger partial charge in [0.05, 0.1) is 16.5 Å². The van der Waals surface area contributed by atoms with Crippen LogP contribution in [0.15, 0.2) is 47.8 Å². The van der Waals surface area contributed by atoms with E-state index in [0.29, 0.717) is 11.0 Å². The second-order valence-corrected chi connectivity index (χ2v) is 7.47. The number of hydrogen-bond acceptors (Lipinski definition) is 6. The summed E-state index contributed by atoms with van der Waals surface area (Å²) in [5.41, 5.74) is 8.17. The lowest BCUT2D eigenvalue weighted by Crippen LogP contribution is -2.30. The Labute approximate surface area is 156 Å². The highest BCUT2D eigenvalue weighted by Crippen LogP contribution is 2.29. The lowest BCUT2D eigenvalue weighted by atomic mass is 10.1. The van der Waals surface area contributed by atoms with Gasteiger partial charge in [-0.1, -0.05) is 31.7 Å². The van der Waals surface area contributed by atoms with Crippen LogP contribution in [0.1, 0.15) is 19.5 Å². The van der Waals surface area contributed by atoms with Crippen molar-refractivity contribution in [2.75, 3.05) is 11.1 Å². The molecular formula is C19H21N5OS. The summed E-state index contributed by atoms with van der Waals surface area (Å²) in [5.74, 6) is 0.409. The third-order valence-electron chi connectivity index (χ3n) is 3.85. The van der Waals surface area contributed by atoms with Gasteiger partial charge in [0.1, 0.15) is 5.82 Å². The molecule has 1 amide bonds. The number of pyridine rings is 1. The fraction of sp³-hybridized carbons (Fsp3) is 0.263. The van der Waals surface area contributed by atoms with E-state index in [1.165, 1.54) is 11.8 Å². The molecule has 26 heavy (non-hydrogen) atoms. The maximum atomic E-state index is 12.9. The van der Waals surface area contributed by atoms with E-state index in [1.54, 1.807) is 12.3 Å². The van der Waals surface area contributed by atoms with Crippen LogP contribution in [0.5, 0.6) is 0 Å². The maximum absolute atomic E-state index is 12.9. The summed E-state index contributed by atoms with van der Waals surface area (Å²) in [5, 5.41) is 4.10. The molecule has 7 heteroatoms. The van der Waals surface area contributed by atoms with E-state index >= 15 is 0 Å². The summed E-state index contributed by atoms with van der Waals surface area (Å²) in [6.07, 6.45) is 1.74. The molecule has 0 saturated carbocycles. The molecule has 0 aliphatic rings. The molecular weight excluding hydrogens is 346 g/mol. The van der Waals surface area contributed by atoms with Gasteiger partial charge in [-0.15, -0.1) is 0 Å². The van der Waals surface area contributed by atoms with Crippen LogP contribution in [-0.2, 0) is 4.79 Å². The fourth-order valence-corrected chi connectivity index (χ4v) is 3.66. The molecule has 3 rings (SSSR count). The summed E-state index contributed by atoms with van der Waals surface area (Å²) < 4.78 is 0. The Morgan fingerprint density at radius 3 is 2.73 bits per heavy atom. The van der Waals surface area contributed by atoms with Gasteiger partial charge >= 0.3 is 0 Å². The highest BCUT2D eigenvalue weighted by atomic mass is 32.2. The van der Waals surface area contributed by atoms with E-state index in [1.807, 2.05) is 51.1 Å². The predicted molar refractivity (Wildman–Crippen MR) is 106 cm³/mol. The van der Waals surface area contributed by atoms with Crippen molar-refractivity contribution in [2.24, 2.45) is 5.92 Å². The minimum absolute atomic E-state index is 0.0926. The summed E-state index contributed by atoms with van der Waals surface area (Å²) in [6, 6.07) is 11.2. The first-order valence-corrected chi connectivity index (χ1v) is 9.24. The Kier molecular flexibility index (Phi) is 5.37. The molecule has 0 saturated heterocycles. The SMILES string of the molecule is Cc1cc(N)nc(SC(C(=O)Nc2cccc3ncccc23)C(C)C)n1. The Hall–Kier alpha value is -2.67. The highest BCUT2D eigenvalue weighted by molar-refractivity contribution is 8.00. The molecule has 2 aromatic heterocycles. The van der Waals surface area contributed by atoms with E-state index < -0.39 is 0 Å². The molecule has 0 bridgehead atoms. The number of aryl methyl sites for hydroxylation is 1. The number of carbonyl (C=O) groups excluding carboxylic acids is 1. The third kappa shape index (κ3) is 4.11. The Bertz CT molecular complexity index is 919. The molecule has 1 aromatic carbocycles. The van der Waals surface area contributed by atoms with Crippen molar-refractivity contribution in [2.45, 2.75) is 31.2 Å². The van der Waals surface area contributed by atoms with Crippen LogP contribution >= 0.6 is 11.8 Å². The van der Waals surface area contributed by atoms with Crippen LogP contribution in [0.2, 0.25) is 0 Å². The number of benzene rings is 1. The number of nitrogen functional groups attached to an aromatic ring is 1. The number of amides is 1. The van der Waals surface area contributed by atoms with Gasteiger partial charge < -0.3 is 11.1 Å². The Morgan fingerprint density at radius 1 is 1.19 bits per heavy atom. The molecule has 3 N–H and O–H groups in total. The smallest absolute Gasteiger partial charge is 0.238 e. The first kappa shape index (κ1) is 18.1. The highest BCUT2D eigenvalue weighted by Gasteiger charge is 2.25. The van der Waals surface area contributed by atoms with Crippen molar-refractivity contribution in [1.29, 1.82) is 0 Å². The van der Waals surface area contributed by atoms with Crippen LogP contribution in [0.4, 0.5) is 11.5 Å². The number of nitrogens with two attached hydrogens (primary N) is 1. The lowest BCUT2D eigenvalue weighted by Gasteiger charge is -2.19. The second-order valence-electron chi connectivity index (χ2n) is 6.36. The molecule has 3 aromatic rings. The topological polar surface area (TPSA) is 93.8 Å². The van der Waals surface area contributed by atoms with Gasteiger partial charge in [0.2, 0.25) is 5.91 Å². The number of rotatable bonds is 5. The molecule has 0 radical (unpaired) electrons. The van der Waals surface area contributed by atoms with Crippen LogP contribution in [0.3, 0.4) is 0 Å². The van der Waals surface area contributed by atoms with Gasteiger partial charge in [0.15, 0.2) is 5.16 Å². The van der Waals surface area contributed by atoms with E-state index in [2.05, 4.69) is 20.3 Å². The van der Waals surface area contributed by atoms with Crippen molar-refractivity contribution < 1.29 is 4.79 Å². The number of nitrogens with zero attached hydrogens (tertiary/aromatic N) is 3. The first-order valence-electron chi connectivity index (χ1n) is 8.36. The lowest BCUT2D eigenvalue weighted by molar-refractivity contribution is -0.116. The Balaban J connectivity index is 1.84. The van der Waals surface area contributed by atoms with E-state index in [0.717, 1.165) is 22.3 Å². The standard InChI is InChI=1S/C19H21N5OS/c1-11(2)17(26-19-22-12(3)10-16(20)24-19)18(25)23-15-8-4-7-14-13(15)6-5-9-21-14/h4-11,17H,1-3H3,(H,23,25)(H2,20,22,24). The minimum atomic E-state index is -0.344. The number of fused-ring (bicyclic) bond motifs is 1. The predicted octanol–water partition coefficient (Wildman–Crippen LogP) is 3.67. The van der Waals surface area contributed by atoms with Gasteiger partial charge in [0, 0.05) is 23.3 Å². The van der Waals surface area contributed by atoms with Crippen LogP contribution < -0.4 is 11.1 Å². The van der Waals surface area contributed by atoms with Crippen molar-refractivity contribution >= 4 is 40.1 Å². The maximum Gasteiger partial charge on any atom is 0.238 e. The quantitative estimate of drug-likeness (QED) is 0.528.